The highest BCUT2D eigenvalue weighted by Crippen LogP contribution is 1.97. The van der Waals surface area contributed by atoms with Crippen molar-refractivity contribution < 1.29 is 4.74 Å². The molecule has 0 aliphatic rings. The van der Waals surface area contributed by atoms with Gasteiger partial charge in [0.25, 0.3) is 0 Å². The minimum Gasteiger partial charge on any atom is -0.487 e. The quantitative estimate of drug-likeness (QED) is 0.526. The van der Waals surface area contributed by atoms with Crippen LogP contribution in [0.1, 0.15) is 0 Å². The maximum atomic E-state index is 4.76. The summed E-state index contributed by atoms with van der Waals surface area (Å²) in [6, 6.07) is 5.36. The molecule has 0 spiro atoms. The summed E-state index contributed by atoms with van der Waals surface area (Å²) < 4.78 is 4.76. The van der Waals surface area contributed by atoms with Gasteiger partial charge in [-0.2, -0.15) is 0 Å². The van der Waals surface area contributed by atoms with Crippen LogP contribution in [-0.2, 0) is 0 Å². The van der Waals surface area contributed by atoms with E-state index in [1.807, 2.05) is 0 Å². The van der Waals surface area contributed by atoms with Gasteiger partial charge in [-0.05, 0) is 12.1 Å². The van der Waals surface area contributed by atoms with Gasteiger partial charge in [0.15, 0.2) is 5.75 Å². The van der Waals surface area contributed by atoms with Crippen molar-refractivity contribution in [1.29, 1.82) is 0 Å². The Balaban J connectivity index is 2.83. The Hall–Kier alpha value is -1.23. The lowest BCUT2D eigenvalue weighted by molar-refractivity contribution is 0.413. The molecule has 0 N–H and O–H groups in total. The molecule has 0 saturated heterocycles. The molecule has 0 aliphatic heterocycles. The molecule has 0 bridgehead atoms. The molecule has 1 rings (SSSR count). The van der Waals surface area contributed by atoms with Crippen molar-refractivity contribution in [3.8, 4) is 5.75 Å². The zero-order valence-electron chi connectivity index (χ0n) is 4.51. The topological polar surface area (TPSA) is 22.1 Å². The lowest BCUT2D eigenvalue weighted by Crippen LogP contribution is -1.79. The fourth-order valence-corrected chi connectivity index (χ4v) is 0.382. The van der Waals surface area contributed by atoms with Crippen LogP contribution in [0.2, 0.25) is 0 Å². The van der Waals surface area contributed by atoms with Crippen molar-refractivity contribution >= 4 is 0 Å². The molecule has 1 heterocycles. The van der Waals surface area contributed by atoms with E-state index >= 15 is 0 Å². The number of hydrogen-bond donors (Lipinski definition) is 0. The summed E-state index contributed by atoms with van der Waals surface area (Å²) in [6.45, 7) is 0. The van der Waals surface area contributed by atoms with Gasteiger partial charge in [0.05, 0.1) is 19.5 Å². The van der Waals surface area contributed by atoms with E-state index < -0.39 is 0 Å². The fourth-order valence-electron chi connectivity index (χ4n) is 0.382. The van der Waals surface area contributed by atoms with E-state index in [1.54, 1.807) is 13.3 Å². The van der Waals surface area contributed by atoms with E-state index in [1.165, 1.54) is 6.20 Å². The monoisotopic (exact) mass is 107 g/mol. The first-order valence-electron chi connectivity index (χ1n) is 2.21. The number of nitrogens with zero attached hydrogens (tertiary/aromatic N) is 1. The maximum Gasteiger partial charge on any atom is 0.188 e. The van der Waals surface area contributed by atoms with Gasteiger partial charge >= 0.3 is 0 Å². The van der Waals surface area contributed by atoms with E-state index in [4.69, 9.17) is 4.74 Å². The minimum absolute atomic E-state index is 0.618. The van der Waals surface area contributed by atoms with Crippen molar-refractivity contribution in [2.45, 2.75) is 0 Å². The Morgan fingerprint density at radius 2 is 2.62 bits per heavy atom. The largest absolute Gasteiger partial charge is 0.487 e. The smallest absolute Gasteiger partial charge is 0.188 e. The van der Waals surface area contributed by atoms with Crippen LogP contribution in [0.4, 0.5) is 0 Å². The SMILES string of the molecule is COc1c#ccnc1. The molecule has 0 unspecified atom stereocenters. The average Bonchev–Trinajstić information content (AvgIpc) is 1.90. The second kappa shape index (κ2) is 2.17. The molecule has 0 radical (unpaired) electrons. The Morgan fingerprint density at radius 3 is 3.00 bits per heavy atom. The summed E-state index contributed by atoms with van der Waals surface area (Å²) in [6.07, 6.45) is 3.11. The Kier molecular flexibility index (Phi) is 1.34. The van der Waals surface area contributed by atoms with Crippen LogP contribution in [0, 0.1) is 12.1 Å². The molecule has 40 valence electrons. The highest BCUT2D eigenvalue weighted by Gasteiger charge is 1.79. The molecular weight excluding hydrogens is 102 g/mol. The number of aromatic nitrogens is 1. The molecule has 0 fully saturated rings. The van der Waals surface area contributed by atoms with Crippen LogP contribution in [0.15, 0.2) is 12.4 Å². The van der Waals surface area contributed by atoms with Crippen LogP contribution < -0.4 is 4.74 Å². The zero-order valence-corrected chi connectivity index (χ0v) is 4.51. The van der Waals surface area contributed by atoms with E-state index in [-0.39, 0.29) is 0 Å². The summed E-state index contributed by atoms with van der Waals surface area (Å²) in [7, 11) is 1.57. The second-order valence-electron chi connectivity index (χ2n) is 1.24. The van der Waals surface area contributed by atoms with Crippen LogP contribution in [-0.4, -0.2) is 12.1 Å². The molecule has 0 aromatic carbocycles. The lowest BCUT2D eigenvalue weighted by atomic mass is 10.6. The summed E-state index contributed by atoms with van der Waals surface area (Å²) >= 11 is 0. The van der Waals surface area contributed by atoms with Gasteiger partial charge in [-0.15, -0.1) is 0 Å². The first kappa shape index (κ1) is 4.92. The van der Waals surface area contributed by atoms with Crippen LogP contribution in [0.5, 0.6) is 5.75 Å². The predicted molar refractivity (Wildman–Crippen MR) is 28.5 cm³/mol. The van der Waals surface area contributed by atoms with Crippen LogP contribution >= 0.6 is 0 Å². The summed E-state index contributed by atoms with van der Waals surface area (Å²) in [5.74, 6) is 0.618. The standard InChI is InChI=1S/C6H5NO/c1-8-6-3-2-4-7-5-6/h4-5H,1H3. The molecule has 0 amide bonds. The van der Waals surface area contributed by atoms with Gasteiger partial charge < -0.3 is 4.74 Å². The summed E-state index contributed by atoms with van der Waals surface area (Å²) in [5.41, 5.74) is 0. The first-order chi connectivity index (χ1) is 3.93. The van der Waals surface area contributed by atoms with Crippen LogP contribution in [0.25, 0.3) is 0 Å². The second-order valence-corrected chi connectivity index (χ2v) is 1.24. The number of methoxy groups -OCH3 is 1. The van der Waals surface area contributed by atoms with E-state index in [0.717, 1.165) is 0 Å². The third-order valence-electron chi connectivity index (χ3n) is 0.746. The normalized spacial score (nSPS) is 7.62. The highest BCUT2D eigenvalue weighted by atomic mass is 16.5. The predicted octanol–water partition coefficient (Wildman–Crippen LogP) is 0.691. The minimum atomic E-state index is 0.618. The Morgan fingerprint density at radius 1 is 1.75 bits per heavy atom. The fraction of sp³-hybridized carbons (Fsp3) is 0.167. The van der Waals surface area contributed by atoms with Gasteiger partial charge in [0, 0.05) is 0 Å². The highest BCUT2D eigenvalue weighted by molar-refractivity contribution is 5.07. The zero-order chi connectivity index (χ0) is 5.82. The van der Waals surface area contributed by atoms with E-state index in [9.17, 15) is 0 Å². The van der Waals surface area contributed by atoms with Crippen molar-refractivity contribution in [1.82, 2.24) is 4.98 Å². The first-order valence-corrected chi connectivity index (χ1v) is 2.21. The molecule has 1 aromatic rings. The third kappa shape index (κ3) is 0.881. The number of ether oxygens (including phenoxy) is 1. The van der Waals surface area contributed by atoms with Gasteiger partial charge in [-0.1, -0.05) is 0 Å². The molecule has 2 heteroatoms. The van der Waals surface area contributed by atoms with Crippen molar-refractivity contribution in [3.05, 3.63) is 24.5 Å². The van der Waals surface area contributed by atoms with Gasteiger partial charge in [0.1, 0.15) is 0 Å². The third-order valence-corrected chi connectivity index (χ3v) is 0.746. The van der Waals surface area contributed by atoms with E-state index in [2.05, 4.69) is 17.1 Å². The molecule has 2 nitrogen and oxygen atoms in total. The molecule has 8 heavy (non-hydrogen) atoms. The summed E-state index contributed by atoms with van der Waals surface area (Å²) in [4.78, 5) is 3.74. The lowest BCUT2D eigenvalue weighted by Gasteiger charge is -1.88. The molecule has 0 saturated carbocycles. The van der Waals surface area contributed by atoms with Crippen molar-refractivity contribution in [2.24, 2.45) is 0 Å². The van der Waals surface area contributed by atoms with Gasteiger partial charge in [0.2, 0.25) is 0 Å². The Bertz CT molecular complexity index is 150. The molecule has 1 aromatic heterocycles. The van der Waals surface area contributed by atoms with Crippen molar-refractivity contribution in [3.63, 3.8) is 0 Å². The maximum absolute atomic E-state index is 4.76. The van der Waals surface area contributed by atoms with Gasteiger partial charge in [-0.25, -0.2) is 0 Å². The number of hydrogen-bond acceptors (Lipinski definition) is 2. The Labute approximate surface area is 48.1 Å². The van der Waals surface area contributed by atoms with E-state index in [0.29, 0.717) is 5.75 Å². The van der Waals surface area contributed by atoms with Crippen molar-refractivity contribution in [2.75, 3.05) is 7.11 Å². The number of rotatable bonds is 1. The van der Waals surface area contributed by atoms with Crippen LogP contribution in [0.3, 0.4) is 0 Å². The molecule has 0 aliphatic carbocycles. The van der Waals surface area contributed by atoms with Gasteiger partial charge in [-0.3, -0.25) is 4.98 Å². The molecular formula is C6H5NO. The molecule has 0 atom stereocenters. The average molecular weight is 107 g/mol. The summed E-state index contributed by atoms with van der Waals surface area (Å²) in [5, 5.41) is 0.